The molecule has 3 nitrogen and oxygen atoms in total. The summed E-state index contributed by atoms with van der Waals surface area (Å²) in [7, 11) is 0. The van der Waals surface area contributed by atoms with Crippen LogP contribution in [-0.4, -0.2) is 21.7 Å². The summed E-state index contributed by atoms with van der Waals surface area (Å²) < 4.78 is 0. The van der Waals surface area contributed by atoms with Crippen LogP contribution in [0.1, 0.15) is 16.8 Å². The Morgan fingerprint density at radius 1 is 1.31 bits per heavy atom. The molecule has 0 aliphatic heterocycles. The maximum atomic E-state index is 11.7. The molecule has 0 amide bonds. The van der Waals surface area contributed by atoms with Gasteiger partial charge >= 0.3 is 5.97 Å². The first-order chi connectivity index (χ1) is 7.41. The summed E-state index contributed by atoms with van der Waals surface area (Å²) in [4.78, 5) is 21.4. The van der Waals surface area contributed by atoms with Crippen LogP contribution in [0.5, 0.6) is 0 Å². The Hall–Kier alpha value is -0.580. The number of benzene rings is 1. The van der Waals surface area contributed by atoms with Crippen molar-refractivity contribution >= 4 is 50.9 Å². The highest BCUT2D eigenvalue weighted by Gasteiger charge is 2.20. The number of hydrogen-bond donors (Lipinski definition) is 1. The van der Waals surface area contributed by atoms with Gasteiger partial charge in [0.25, 0.3) is 0 Å². The van der Waals surface area contributed by atoms with E-state index in [1.807, 2.05) is 0 Å². The molecule has 0 spiro atoms. The van der Waals surface area contributed by atoms with Crippen LogP contribution in [0.25, 0.3) is 0 Å². The van der Waals surface area contributed by atoms with Gasteiger partial charge in [-0.05, 0) is 18.2 Å². The average molecular weight is 326 g/mol. The van der Waals surface area contributed by atoms with Gasteiger partial charge in [0.15, 0.2) is 5.78 Å². The van der Waals surface area contributed by atoms with Crippen LogP contribution < -0.4 is 0 Å². The van der Waals surface area contributed by atoms with Gasteiger partial charge < -0.3 is 5.11 Å². The molecule has 1 atom stereocenters. The number of carbonyl (C=O) groups excluding carboxylic acids is 1. The number of hydrogen-bond acceptors (Lipinski definition) is 2. The Bertz CT molecular complexity index is 434. The van der Waals surface area contributed by atoms with Gasteiger partial charge in [0.2, 0.25) is 0 Å². The molecule has 1 N–H and O–H groups in total. The number of rotatable bonds is 4. The van der Waals surface area contributed by atoms with Crippen LogP contribution in [0.2, 0.25) is 10.0 Å². The second kappa shape index (κ2) is 5.66. The summed E-state index contributed by atoms with van der Waals surface area (Å²) in [6.45, 7) is 0. The lowest BCUT2D eigenvalue weighted by Crippen LogP contribution is -2.18. The molecule has 1 rings (SSSR count). The van der Waals surface area contributed by atoms with Crippen LogP contribution in [0.4, 0.5) is 0 Å². The molecule has 0 aromatic heterocycles. The Labute approximate surface area is 110 Å². The molecule has 6 heteroatoms. The van der Waals surface area contributed by atoms with Crippen molar-refractivity contribution in [2.75, 3.05) is 0 Å². The minimum absolute atomic E-state index is 0.266. The number of carboxylic acids is 1. The predicted octanol–water partition coefficient (Wildman–Crippen LogP) is 3.41. The summed E-state index contributed by atoms with van der Waals surface area (Å²) in [6.07, 6.45) is -0.279. The number of Topliss-reactive ketones (excluding diaryl/α,β-unsaturated/α-hetero) is 1. The lowest BCUT2D eigenvalue weighted by atomic mass is 10.1. The highest BCUT2D eigenvalue weighted by Crippen LogP contribution is 2.24. The van der Waals surface area contributed by atoms with Gasteiger partial charge in [0.05, 0.1) is 21.3 Å². The largest absolute Gasteiger partial charge is 0.481 e. The van der Waals surface area contributed by atoms with E-state index in [0.29, 0.717) is 10.6 Å². The summed E-state index contributed by atoms with van der Waals surface area (Å²) in [6, 6.07) is 4.42. The van der Waals surface area contributed by atoms with Gasteiger partial charge in [-0.15, -0.1) is 0 Å². The molecule has 86 valence electrons. The van der Waals surface area contributed by atoms with Crippen molar-refractivity contribution in [1.82, 2.24) is 0 Å². The number of ketones is 1. The van der Waals surface area contributed by atoms with Crippen molar-refractivity contribution in [3.63, 3.8) is 0 Å². The predicted molar refractivity (Wildman–Crippen MR) is 65.8 cm³/mol. The van der Waals surface area contributed by atoms with E-state index in [2.05, 4.69) is 15.9 Å². The summed E-state index contributed by atoms with van der Waals surface area (Å²) in [5.41, 5.74) is 0.331. The summed E-state index contributed by atoms with van der Waals surface area (Å²) in [5, 5.41) is 9.16. The number of carboxylic acid groups (broad SMARTS) is 1. The molecule has 0 saturated carbocycles. The normalized spacial score (nSPS) is 12.2. The van der Waals surface area contributed by atoms with Crippen molar-refractivity contribution in [1.29, 1.82) is 0 Å². The van der Waals surface area contributed by atoms with Crippen molar-refractivity contribution in [2.24, 2.45) is 0 Å². The maximum Gasteiger partial charge on any atom is 0.304 e. The fourth-order valence-electron chi connectivity index (χ4n) is 1.08. The van der Waals surface area contributed by atoms with E-state index in [1.54, 1.807) is 0 Å². The van der Waals surface area contributed by atoms with Crippen molar-refractivity contribution < 1.29 is 14.7 Å². The minimum atomic E-state index is -1.05. The number of alkyl halides is 1. The quantitative estimate of drug-likeness (QED) is 0.681. The minimum Gasteiger partial charge on any atom is -0.481 e. The zero-order valence-corrected chi connectivity index (χ0v) is 11.0. The average Bonchev–Trinajstić information content (AvgIpc) is 2.20. The van der Waals surface area contributed by atoms with E-state index < -0.39 is 10.8 Å². The van der Waals surface area contributed by atoms with Gasteiger partial charge in [-0.3, -0.25) is 9.59 Å². The van der Waals surface area contributed by atoms with Crippen molar-refractivity contribution in [2.45, 2.75) is 11.2 Å². The third kappa shape index (κ3) is 3.47. The topological polar surface area (TPSA) is 54.4 Å². The lowest BCUT2D eigenvalue weighted by molar-refractivity contribution is -0.136. The molecule has 0 saturated heterocycles. The molecular formula is C10H7BrCl2O3. The molecule has 0 aliphatic carbocycles. The fraction of sp³-hybridized carbons (Fsp3) is 0.200. The first-order valence-electron chi connectivity index (χ1n) is 4.27. The molecular weight excluding hydrogens is 319 g/mol. The van der Waals surface area contributed by atoms with Gasteiger partial charge in [0.1, 0.15) is 0 Å². The SMILES string of the molecule is O=C(O)CC(Br)C(=O)c1ccc(Cl)c(Cl)c1. The first kappa shape index (κ1) is 13.5. The number of halogens is 3. The van der Waals surface area contributed by atoms with Gasteiger partial charge in [-0.25, -0.2) is 0 Å². The molecule has 0 fully saturated rings. The fourth-order valence-corrected chi connectivity index (χ4v) is 1.92. The highest BCUT2D eigenvalue weighted by molar-refractivity contribution is 9.10. The third-order valence-electron chi connectivity index (χ3n) is 1.84. The summed E-state index contributed by atoms with van der Waals surface area (Å²) >= 11 is 14.5. The van der Waals surface area contributed by atoms with Gasteiger partial charge in [0, 0.05) is 5.56 Å². The molecule has 0 bridgehead atoms. The van der Waals surface area contributed by atoms with Crippen molar-refractivity contribution in [3.8, 4) is 0 Å². The standard InChI is InChI=1S/C10H7BrCl2O3/c11-6(4-9(14)15)10(16)5-1-2-7(12)8(13)3-5/h1-3,6H,4H2,(H,14,15). The molecule has 0 radical (unpaired) electrons. The molecule has 16 heavy (non-hydrogen) atoms. The Morgan fingerprint density at radius 3 is 2.44 bits per heavy atom. The maximum absolute atomic E-state index is 11.7. The van der Waals surface area contributed by atoms with E-state index >= 15 is 0 Å². The lowest BCUT2D eigenvalue weighted by Gasteiger charge is -2.06. The monoisotopic (exact) mass is 324 g/mol. The molecule has 1 aromatic carbocycles. The van der Waals surface area contributed by atoms with Crippen LogP contribution in [0, 0.1) is 0 Å². The highest BCUT2D eigenvalue weighted by atomic mass is 79.9. The van der Waals surface area contributed by atoms with E-state index in [4.69, 9.17) is 28.3 Å². The third-order valence-corrected chi connectivity index (χ3v) is 3.32. The molecule has 1 unspecified atom stereocenters. The van der Waals surface area contributed by atoms with E-state index in [1.165, 1.54) is 18.2 Å². The van der Waals surface area contributed by atoms with Crippen LogP contribution >= 0.6 is 39.1 Å². The first-order valence-corrected chi connectivity index (χ1v) is 5.94. The Morgan fingerprint density at radius 2 is 1.94 bits per heavy atom. The van der Waals surface area contributed by atoms with Crippen LogP contribution in [0.15, 0.2) is 18.2 Å². The summed E-state index contributed by atoms with van der Waals surface area (Å²) in [5.74, 6) is -1.38. The van der Waals surface area contributed by atoms with E-state index in [0.717, 1.165) is 0 Å². The molecule has 0 aliphatic rings. The molecule has 1 aromatic rings. The zero-order valence-electron chi connectivity index (χ0n) is 7.91. The van der Waals surface area contributed by atoms with Crippen LogP contribution in [0.3, 0.4) is 0 Å². The second-order valence-electron chi connectivity index (χ2n) is 3.06. The van der Waals surface area contributed by atoms with Crippen LogP contribution in [-0.2, 0) is 4.79 Å². The van der Waals surface area contributed by atoms with E-state index in [-0.39, 0.29) is 17.2 Å². The van der Waals surface area contributed by atoms with Gasteiger partial charge in [-0.2, -0.15) is 0 Å². The number of aliphatic carboxylic acids is 1. The Kier molecular flexibility index (Phi) is 4.77. The smallest absolute Gasteiger partial charge is 0.304 e. The second-order valence-corrected chi connectivity index (χ2v) is 4.98. The molecule has 0 heterocycles. The Balaban J connectivity index is 2.88. The number of carbonyl (C=O) groups is 2. The van der Waals surface area contributed by atoms with E-state index in [9.17, 15) is 9.59 Å². The van der Waals surface area contributed by atoms with Crippen molar-refractivity contribution in [3.05, 3.63) is 33.8 Å². The zero-order chi connectivity index (χ0) is 12.3. The van der Waals surface area contributed by atoms with Gasteiger partial charge in [-0.1, -0.05) is 39.1 Å².